The number of carbonyl (C=O) groups excluding carboxylic acids is 1. The number of aryl methyl sites for hydroxylation is 1. The van der Waals surface area contributed by atoms with E-state index in [1.54, 1.807) is 13.0 Å². The summed E-state index contributed by atoms with van der Waals surface area (Å²) in [6.45, 7) is 2.40. The van der Waals surface area contributed by atoms with Gasteiger partial charge in [0, 0.05) is 12.0 Å². The second-order valence-electron chi connectivity index (χ2n) is 4.59. The van der Waals surface area contributed by atoms with Crippen molar-refractivity contribution in [3.8, 4) is 5.75 Å². The zero-order valence-corrected chi connectivity index (χ0v) is 10.7. The topological polar surface area (TPSA) is 51.5 Å². The molecule has 0 aliphatic carbocycles. The fourth-order valence-corrected chi connectivity index (χ4v) is 2.35. The lowest BCUT2D eigenvalue weighted by Crippen LogP contribution is -2.32. The Kier molecular flexibility index (Phi) is 2.99. The minimum Gasteiger partial charge on any atom is -0.493 e. The molecule has 19 heavy (non-hydrogen) atoms. The van der Waals surface area contributed by atoms with Crippen LogP contribution in [0.4, 0.5) is 0 Å². The van der Waals surface area contributed by atoms with E-state index in [4.69, 9.17) is 9.15 Å². The van der Waals surface area contributed by atoms with Crippen molar-refractivity contribution in [2.45, 2.75) is 19.4 Å². The van der Waals surface area contributed by atoms with Crippen LogP contribution in [0, 0.1) is 6.92 Å². The summed E-state index contributed by atoms with van der Waals surface area (Å²) in [5.41, 5.74) is 1.62. The molecule has 4 heteroatoms. The summed E-state index contributed by atoms with van der Waals surface area (Å²) in [6, 6.07) is 9.49. The first-order chi connectivity index (χ1) is 9.25. The SMILES string of the molecule is Cc1occc1C(=O)N[C@@H]1CCOc2ccccc21. The monoisotopic (exact) mass is 257 g/mol. The Bertz CT molecular complexity index is 603. The van der Waals surface area contributed by atoms with Crippen LogP contribution in [0.15, 0.2) is 41.0 Å². The molecule has 0 unspecified atom stereocenters. The van der Waals surface area contributed by atoms with Crippen LogP contribution in [0.25, 0.3) is 0 Å². The van der Waals surface area contributed by atoms with Crippen LogP contribution in [-0.2, 0) is 0 Å². The van der Waals surface area contributed by atoms with E-state index in [0.29, 0.717) is 17.9 Å². The first-order valence-electron chi connectivity index (χ1n) is 6.32. The number of carbonyl (C=O) groups is 1. The van der Waals surface area contributed by atoms with E-state index in [-0.39, 0.29) is 11.9 Å². The van der Waals surface area contributed by atoms with E-state index in [9.17, 15) is 4.79 Å². The molecular weight excluding hydrogens is 242 g/mol. The highest BCUT2D eigenvalue weighted by atomic mass is 16.5. The summed E-state index contributed by atoms with van der Waals surface area (Å²) < 4.78 is 10.7. The van der Waals surface area contributed by atoms with Gasteiger partial charge in [0.2, 0.25) is 0 Å². The lowest BCUT2D eigenvalue weighted by molar-refractivity contribution is 0.0923. The average Bonchev–Trinajstić information content (AvgIpc) is 2.85. The van der Waals surface area contributed by atoms with Crippen LogP contribution in [-0.4, -0.2) is 12.5 Å². The Morgan fingerprint density at radius 2 is 2.16 bits per heavy atom. The highest BCUT2D eigenvalue weighted by Gasteiger charge is 2.23. The number of nitrogens with one attached hydrogen (secondary N) is 1. The van der Waals surface area contributed by atoms with Crippen molar-refractivity contribution in [3.05, 3.63) is 53.5 Å². The minimum absolute atomic E-state index is 0.00764. The van der Waals surface area contributed by atoms with Gasteiger partial charge in [0.05, 0.1) is 24.5 Å². The third-order valence-electron chi connectivity index (χ3n) is 3.37. The highest BCUT2D eigenvalue weighted by molar-refractivity contribution is 5.95. The second-order valence-corrected chi connectivity index (χ2v) is 4.59. The van der Waals surface area contributed by atoms with Gasteiger partial charge in [-0.15, -0.1) is 0 Å². The Hall–Kier alpha value is -2.23. The van der Waals surface area contributed by atoms with Crippen LogP contribution in [0.2, 0.25) is 0 Å². The Balaban J connectivity index is 1.82. The molecule has 1 amide bonds. The normalized spacial score (nSPS) is 17.4. The molecule has 0 fully saturated rings. The molecule has 2 aromatic rings. The molecule has 2 heterocycles. The second kappa shape index (κ2) is 4.80. The van der Waals surface area contributed by atoms with E-state index in [2.05, 4.69) is 5.32 Å². The molecule has 1 aromatic carbocycles. The molecule has 1 aliphatic rings. The summed E-state index contributed by atoms with van der Waals surface area (Å²) >= 11 is 0. The van der Waals surface area contributed by atoms with E-state index >= 15 is 0 Å². The van der Waals surface area contributed by atoms with Gasteiger partial charge in [0.1, 0.15) is 11.5 Å². The van der Waals surface area contributed by atoms with Crippen LogP contribution in [0.3, 0.4) is 0 Å². The summed E-state index contributed by atoms with van der Waals surface area (Å²) in [5.74, 6) is 1.38. The highest BCUT2D eigenvalue weighted by Crippen LogP contribution is 2.31. The van der Waals surface area contributed by atoms with Crippen molar-refractivity contribution in [2.24, 2.45) is 0 Å². The maximum atomic E-state index is 12.2. The standard InChI is InChI=1S/C15H15NO3/c1-10-11(6-8-18-10)15(17)16-13-7-9-19-14-5-3-2-4-12(13)14/h2-6,8,13H,7,9H2,1H3,(H,16,17)/t13-/m1/s1. The summed E-state index contributed by atoms with van der Waals surface area (Å²) in [7, 11) is 0. The predicted molar refractivity (Wildman–Crippen MR) is 70.2 cm³/mol. The summed E-state index contributed by atoms with van der Waals surface area (Å²) in [4.78, 5) is 12.2. The van der Waals surface area contributed by atoms with Crippen molar-refractivity contribution in [3.63, 3.8) is 0 Å². The van der Waals surface area contributed by atoms with Crippen molar-refractivity contribution >= 4 is 5.91 Å². The zero-order valence-electron chi connectivity index (χ0n) is 10.7. The first kappa shape index (κ1) is 11.8. The number of ether oxygens (including phenoxy) is 1. The lowest BCUT2D eigenvalue weighted by Gasteiger charge is -2.26. The molecule has 4 nitrogen and oxygen atoms in total. The molecule has 0 spiro atoms. The van der Waals surface area contributed by atoms with Gasteiger partial charge in [-0.2, -0.15) is 0 Å². The van der Waals surface area contributed by atoms with Crippen LogP contribution in [0.5, 0.6) is 5.75 Å². The van der Waals surface area contributed by atoms with Gasteiger partial charge in [0.25, 0.3) is 5.91 Å². The van der Waals surface area contributed by atoms with Crippen molar-refractivity contribution in [1.82, 2.24) is 5.32 Å². The van der Waals surface area contributed by atoms with Crippen LogP contribution in [0.1, 0.15) is 34.1 Å². The zero-order chi connectivity index (χ0) is 13.2. The number of rotatable bonds is 2. The molecule has 0 bridgehead atoms. The number of fused-ring (bicyclic) bond motifs is 1. The number of hydrogen-bond acceptors (Lipinski definition) is 3. The first-order valence-corrected chi connectivity index (χ1v) is 6.32. The van der Waals surface area contributed by atoms with Gasteiger partial charge in [-0.1, -0.05) is 18.2 Å². The van der Waals surface area contributed by atoms with Crippen LogP contribution >= 0.6 is 0 Å². The maximum absolute atomic E-state index is 12.2. The molecule has 1 atom stereocenters. The average molecular weight is 257 g/mol. The Morgan fingerprint density at radius 1 is 1.32 bits per heavy atom. The van der Waals surface area contributed by atoms with Crippen LogP contribution < -0.4 is 10.1 Å². The van der Waals surface area contributed by atoms with Gasteiger partial charge >= 0.3 is 0 Å². The maximum Gasteiger partial charge on any atom is 0.255 e. The molecule has 3 rings (SSSR count). The molecule has 1 N–H and O–H groups in total. The quantitative estimate of drug-likeness (QED) is 0.900. The number of benzene rings is 1. The van der Waals surface area contributed by atoms with Crippen molar-refractivity contribution in [2.75, 3.05) is 6.61 Å². The summed E-state index contributed by atoms with van der Waals surface area (Å²) in [5, 5.41) is 3.04. The van der Waals surface area contributed by atoms with Gasteiger partial charge in [0.15, 0.2) is 0 Å². The van der Waals surface area contributed by atoms with Gasteiger partial charge < -0.3 is 14.5 Å². The smallest absolute Gasteiger partial charge is 0.255 e. The van der Waals surface area contributed by atoms with E-state index < -0.39 is 0 Å². The molecular formula is C15H15NO3. The van der Waals surface area contributed by atoms with Gasteiger partial charge in [-0.25, -0.2) is 0 Å². The Labute approximate surface area is 111 Å². The molecule has 1 aliphatic heterocycles. The number of para-hydroxylation sites is 1. The molecule has 0 saturated heterocycles. The van der Waals surface area contributed by atoms with Crippen molar-refractivity contribution < 1.29 is 13.9 Å². The van der Waals surface area contributed by atoms with Crippen molar-refractivity contribution in [1.29, 1.82) is 0 Å². The number of hydrogen-bond donors (Lipinski definition) is 1. The molecule has 0 radical (unpaired) electrons. The number of amides is 1. The lowest BCUT2D eigenvalue weighted by atomic mass is 10.0. The number of furan rings is 1. The van der Waals surface area contributed by atoms with E-state index in [1.165, 1.54) is 6.26 Å². The predicted octanol–water partition coefficient (Wildman–Crippen LogP) is 2.84. The minimum atomic E-state index is -0.104. The van der Waals surface area contributed by atoms with Gasteiger partial charge in [-0.05, 0) is 19.1 Å². The van der Waals surface area contributed by atoms with E-state index in [0.717, 1.165) is 17.7 Å². The largest absolute Gasteiger partial charge is 0.493 e. The molecule has 0 saturated carbocycles. The van der Waals surface area contributed by atoms with Gasteiger partial charge in [-0.3, -0.25) is 4.79 Å². The Morgan fingerprint density at radius 3 is 2.95 bits per heavy atom. The van der Waals surface area contributed by atoms with E-state index in [1.807, 2.05) is 24.3 Å². The summed E-state index contributed by atoms with van der Waals surface area (Å²) in [6.07, 6.45) is 2.31. The fraction of sp³-hybridized carbons (Fsp3) is 0.267. The molecule has 98 valence electrons. The fourth-order valence-electron chi connectivity index (χ4n) is 2.35. The third kappa shape index (κ3) is 2.21. The molecule has 1 aromatic heterocycles. The third-order valence-corrected chi connectivity index (χ3v) is 3.37.